The predicted octanol–water partition coefficient (Wildman–Crippen LogP) is 2.82. The molecule has 2 heterocycles. The van der Waals surface area contributed by atoms with Gasteiger partial charge in [0.2, 0.25) is 5.95 Å². The van der Waals surface area contributed by atoms with Gasteiger partial charge in [-0.3, -0.25) is 0 Å². The van der Waals surface area contributed by atoms with E-state index in [1.165, 1.54) is 6.07 Å². The molecule has 0 radical (unpaired) electrons. The first-order chi connectivity index (χ1) is 12.4. The van der Waals surface area contributed by atoms with Crippen molar-refractivity contribution >= 4 is 17.5 Å². The van der Waals surface area contributed by atoms with Crippen molar-refractivity contribution in [1.29, 1.82) is 0 Å². The minimum absolute atomic E-state index is 0.162. The normalized spacial score (nSPS) is 16.4. The topological polar surface area (TPSA) is 64.5 Å². The third-order valence-electron chi connectivity index (χ3n) is 4.71. The largest absolute Gasteiger partial charge is 0.393 e. The van der Waals surface area contributed by atoms with Crippen molar-refractivity contribution in [2.75, 3.05) is 42.3 Å². The molecule has 26 heavy (non-hydrogen) atoms. The number of piperidine rings is 1. The summed E-state index contributed by atoms with van der Waals surface area (Å²) in [5.74, 6) is 1.05. The highest BCUT2D eigenvalue weighted by Gasteiger charge is 2.22. The van der Waals surface area contributed by atoms with Gasteiger partial charge in [-0.05, 0) is 44.0 Å². The zero-order valence-corrected chi connectivity index (χ0v) is 15.5. The molecular weight excluding hydrogens is 333 g/mol. The van der Waals surface area contributed by atoms with Gasteiger partial charge in [-0.25, -0.2) is 9.37 Å². The second-order valence-corrected chi connectivity index (χ2v) is 6.92. The molecule has 140 valence electrons. The zero-order valence-electron chi connectivity index (χ0n) is 15.5. The van der Waals surface area contributed by atoms with E-state index >= 15 is 0 Å². The molecule has 1 aromatic carbocycles. The quantitative estimate of drug-likeness (QED) is 0.856. The van der Waals surface area contributed by atoms with Crippen LogP contribution in [0.15, 0.2) is 30.5 Å². The van der Waals surface area contributed by atoms with Gasteiger partial charge in [0, 0.05) is 44.6 Å². The molecule has 1 aliphatic rings. The maximum absolute atomic E-state index is 13.9. The first-order valence-electron chi connectivity index (χ1n) is 8.93. The predicted molar refractivity (Wildman–Crippen MR) is 102 cm³/mol. The zero-order chi connectivity index (χ0) is 18.7. The second-order valence-electron chi connectivity index (χ2n) is 6.92. The summed E-state index contributed by atoms with van der Waals surface area (Å²) in [5.41, 5.74) is 1.85. The Balaban J connectivity index is 1.83. The van der Waals surface area contributed by atoms with Crippen molar-refractivity contribution in [1.82, 2.24) is 9.97 Å². The number of halogens is 1. The molecule has 1 saturated heterocycles. The smallest absolute Gasteiger partial charge is 0.225 e. The van der Waals surface area contributed by atoms with E-state index in [1.807, 2.05) is 38.1 Å². The minimum atomic E-state index is -0.266. The molecule has 0 spiro atoms. The van der Waals surface area contributed by atoms with E-state index in [-0.39, 0.29) is 18.0 Å². The molecule has 0 aliphatic carbocycles. The van der Waals surface area contributed by atoms with Crippen molar-refractivity contribution in [2.45, 2.75) is 31.9 Å². The van der Waals surface area contributed by atoms with Gasteiger partial charge in [0.25, 0.3) is 0 Å². The van der Waals surface area contributed by atoms with Gasteiger partial charge < -0.3 is 20.2 Å². The Labute approximate surface area is 153 Å². The fraction of sp³-hybridized carbons (Fsp3) is 0.474. The molecule has 1 aromatic heterocycles. The van der Waals surface area contributed by atoms with Crippen LogP contribution in [0.4, 0.5) is 21.8 Å². The number of hydrogen-bond acceptors (Lipinski definition) is 6. The van der Waals surface area contributed by atoms with Crippen LogP contribution in [-0.2, 0) is 0 Å². The molecule has 0 amide bonds. The van der Waals surface area contributed by atoms with E-state index in [1.54, 1.807) is 12.3 Å². The molecule has 0 saturated carbocycles. The number of rotatable bonds is 5. The van der Waals surface area contributed by atoms with Crippen molar-refractivity contribution < 1.29 is 9.50 Å². The molecule has 1 aliphatic heterocycles. The van der Waals surface area contributed by atoms with Gasteiger partial charge in [0.15, 0.2) is 0 Å². The van der Waals surface area contributed by atoms with E-state index in [2.05, 4.69) is 20.2 Å². The van der Waals surface area contributed by atoms with Crippen LogP contribution in [0.2, 0.25) is 0 Å². The molecule has 1 atom stereocenters. The highest BCUT2D eigenvalue weighted by atomic mass is 19.1. The van der Waals surface area contributed by atoms with E-state index in [0.717, 1.165) is 43.0 Å². The molecule has 6 nitrogen and oxygen atoms in total. The number of aromatic nitrogens is 2. The molecule has 3 rings (SSSR count). The number of aliphatic hydroxyl groups is 1. The number of nitrogens with zero attached hydrogens (tertiary/aromatic N) is 4. The Morgan fingerprint density at radius 3 is 2.69 bits per heavy atom. The number of aliphatic hydroxyl groups excluding tert-OH is 1. The van der Waals surface area contributed by atoms with E-state index < -0.39 is 0 Å². The Bertz CT molecular complexity index is 746. The van der Waals surface area contributed by atoms with E-state index in [9.17, 15) is 9.50 Å². The molecular formula is C19H26FN5O. The van der Waals surface area contributed by atoms with Gasteiger partial charge in [-0.15, -0.1) is 0 Å². The average molecular weight is 359 g/mol. The summed E-state index contributed by atoms with van der Waals surface area (Å²) in [4.78, 5) is 12.9. The first-order valence-corrected chi connectivity index (χ1v) is 8.93. The van der Waals surface area contributed by atoms with Gasteiger partial charge in [0.1, 0.15) is 11.6 Å². The summed E-state index contributed by atoms with van der Waals surface area (Å²) in [6.45, 7) is 3.50. The van der Waals surface area contributed by atoms with Crippen LogP contribution < -0.4 is 15.1 Å². The number of nitrogens with one attached hydrogen (secondary N) is 1. The van der Waals surface area contributed by atoms with Gasteiger partial charge >= 0.3 is 0 Å². The lowest BCUT2D eigenvalue weighted by atomic mass is 10.0. The minimum Gasteiger partial charge on any atom is -0.393 e. The lowest BCUT2D eigenvalue weighted by Crippen LogP contribution is -2.36. The van der Waals surface area contributed by atoms with Crippen molar-refractivity contribution in [3.8, 4) is 0 Å². The SMILES string of the molecule is CC(Nc1nccc(N(C)C)n1)c1cc(F)ccc1N1CCC(O)CC1. The summed E-state index contributed by atoms with van der Waals surface area (Å²) < 4.78 is 13.9. The van der Waals surface area contributed by atoms with Crippen LogP contribution in [0.25, 0.3) is 0 Å². The van der Waals surface area contributed by atoms with Crippen LogP contribution in [0, 0.1) is 5.82 Å². The molecule has 2 N–H and O–H groups in total. The Morgan fingerprint density at radius 1 is 1.27 bits per heavy atom. The van der Waals surface area contributed by atoms with Crippen LogP contribution in [0.3, 0.4) is 0 Å². The summed E-state index contributed by atoms with van der Waals surface area (Å²) in [5, 5.41) is 13.0. The third-order valence-corrected chi connectivity index (χ3v) is 4.71. The molecule has 1 fully saturated rings. The Hall–Kier alpha value is -2.41. The highest BCUT2D eigenvalue weighted by molar-refractivity contribution is 5.57. The van der Waals surface area contributed by atoms with Gasteiger partial charge in [0.05, 0.1) is 12.1 Å². The monoisotopic (exact) mass is 359 g/mol. The summed E-state index contributed by atoms with van der Waals surface area (Å²) >= 11 is 0. The van der Waals surface area contributed by atoms with Crippen molar-refractivity contribution in [2.24, 2.45) is 0 Å². The van der Waals surface area contributed by atoms with E-state index in [4.69, 9.17) is 0 Å². The lowest BCUT2D eigenvalue weighted by molar-refractivity contribution is 0.145. The Kier molecular flexibility index (Phi) is 5.56. The standard InChI is InChI=1S/C19H26FN5O/c1-13(22-19-21-9-6-18(23-19)24(2)3)16-12-14(20)4-5-17(16)25-10-7-15(26)8-11-25/h4-6,9,12-13,15,26H,7-8,10-11H2,1-3H3,(H,21,22,23). The second kappa shape index (κ2) is 7.86. The average Bonchev–Trinajstić information content (AvgIpc) is 2.62. The third kappa shape index (κ3) is 4.22. The van der Waals surface area contributed by atoms with Crippen LogP contribution in [0.1, 0.15) is 31.4 Å². The molecule has 7 heteroatoms. The van der Waals surface area contributed by atoms with E-state index in [0.29, 0.717) is 5.95 Å². The molecule has 1 unspecified atom stereocenters. The number of hydrogen-bond donors (Lipinski definition) is 2. The van der Waals surface area contributed by atoms with Crippen molar-refractivity contribution in [3.63, 3.8) is 0 Å². The summed E-state index contributed by atoms with van der Waals surface area (Å²) in [6.07, 6.45) is 2.92. The number of anilines is 3. The van der Waals surface area contributed by atoms with Crippen LogP contribution >= 0.6 is 0 Å². The maximum atomic E-state index is 13.9. The summed E-state index contributed by atoms with van der Waals surface area (Å²) in [6, 6.07) is 6.54. The fourth-order valence-corrected chi connectivity index (χ4v) is 3.21. The lowest BCUT2D eigenvalue weighted by Gasteiger charge is -2.34. The number of benzene rings is 1. The molecule has 0 bridgehead atoms. The highest BCUT2D eigenvalue weighted by Crippen LogP contribution is 2.31. The van der Waals surface area contributed by atoms with Crippen molar-refractivity contribution in [3.05, 3.63) is 41.8 Å². The maximum Gasteiger partial charge on any atom is 0.225 e. The van der Waals surface area contributed by atoms with Crippen LogP contribution in [-0.4, -0.2) is 48.4 Å². The summed E-state index contributed by atoms with van der Waals surface area (Å²) in [7, 11) is 3.84. The fourth-order valence-electron chi connectivity index (χ4n) is 3.21. The van der Waals surface area contributed by atoms with Gasteiger partial charge in [-0.1, -0.05) is 0 Å². The van der Waals surface area contributed by atoms with Crippen LogP contribution in [0.5, 0.6) is 0 Å². The first kappa shape index (κ1) is 18.4. The van der Waals surface area contributed by atoms with Gasteiger partial charge in [-0.2, -0.15) is 4.98 Å². The molecule has 2 aromatic rings. The Morgan fingerprint density at radius 2 is 2.00 bits per heavy atom.